The van der Waals surface area contributed by atoms with Gasteiger partial charge in [-0.1, -0.05) is 0 Å². The summed E-state index contributed by atoms with van der Waals surface area (Å²) in [6, 6.07) is 2.12. The molecule has 0 bridgehead atoms. The molecule has 1 amide bonds. The number of amides is 1. The fourth-order valence-electron chi connectivity index (χ4n) is 3.31. The predicted molar refractivity (Wildman–Crippen MR) is 92.0 cm³/mol. The van der Waals surface area contributed by atoms with E-state index in [1.165, 1.54) is 5.56 Å². The van der Waals surface area contributed by atoms with Crippen molar-refractivity contribution in [3.8, 4) is 0 Å². The Labute approximate surface area is 141 Å². The van der Waals surface area contributed by atoms with Crippen molar-refractivity contribution in [2.24, 2.45) is 11.8 Å². The number of hydrogen-bond acceptors (Lipinski definition) is 3. The monoisotopic (exact) mass is 365 g/mol. The summed E-state index contributed by atoms with van der Waals surface area (Å²) in [7, 11) is 1.97. The van der Waals surface area contributed by atoms with Gasteiger partial charge in [0.05, 0.1) is 0 Å². The van der Waals surface area contributed by atoms with Crippen LogP contribution in [0.5, 0.6) is 0 Å². The van der Waals surface area contributed by atoms with E-state index < -0.39 is 0 Å². The van der Waals surface area contributed by atoms with Crippen molar-refractivity contribution in [3.63, 3.8) is 0 Å². The molecule has 0 aromatic carbocycles. The lowest BCUT2D eigenvalue weighted by Crippen LogP contribution is -2.40. The first-order valence-electron chi connectivity index (χ1n) is 8.16. The van der Waals surface area contributed by atoms with Gasteiger partial charge in [0.2, 0.25) is 5.91 Å². The number of hydrogen-bond donors (Lipinski definition) is 0. The molecule has 22 heavy (non-hydrogen) atoms. The fourth-order valence-corrected chi connectivity index (χ4v) is 3.76. The number of anilines is 1. The summed E-state index contributed by atoms with van der Waals surface area (Å²) in [6.45, 7) is 5.09. The van der Waals surface area contributed by atoms with Crippen LogP contribution in [-0.2, 0) is 4.79 Å². The van der Waals surface area contributed by atoms with Gasteiger partial charge in [-0.25, -0.2) is 4.98 Å². The number of rotatable bonds is 4. The lowest BCUT2D eigenvalue weighted by molar-refractivity contribution is -0.131. The number of halogens is 1. The van der Waals surface area contributed by atoms with Gasteiger partial charge >= 0.3 is 0 Å². The van der Waals surface area contributed by atoms with Crippen LogP contribution in [0.15, 0.2) is 16.7 Å². The van der Waals surface area contributed by atoms with Crippen LogP contribution in [0.3, 0.4) is 0 Å². The van der Waals surface area contributed by atoms with E-state index >= 15 is 0 Å². The highest BCUT2D eigenvalue weighted by Crippen LogP contribution is 2.31. The average Bonchev–Trinajstić information content (AvgIpc) is 3.32. The van der Waals surface area contributed by atoms with Crippen molar-refractivity contribution in [2.45, 2.75) is 32.6 Å². The molecule has 1 aromatic rings. The van der Waals surface area contributed by atoms with Gasteiger partial charge in [-0.2, -0.15) is 0 Å². The highest BCUT2D eigenvalue weighted by molar-refractivity contribution is 9.10. The largest absolute Gasteiger partial charge is 0.356 e. The van der Waals surface area contributed by atoms with E-state index in [2.05, 4.69) is 38.8 Å². The summed E-state index contributed by atoms with van der Waals surface area (Å²) in [5.74, 6) is 2.41. The molecule has 0 atom stereocenters. The second-order valence-electron chi connectivity index (χ2n) is 6.72. The Bertz CT molecular complexity index is 551. The molecule has 2 fully saturated rings. The molecule has 2 heterocycles. The summed E-state index contributed by atoms with van der Waals surface area (Å²) in [5, 5.41) is 0. The number of pyridine rings is 1. The maximum absolute atomic E-state index is 12.0. The number of piperidine rings is 1. The van der Waals surface area contributed by atoms with Gasteiger partial charge in [-0.3, -0.25) is 4.79 Å². The van der Waals surface area contributed by atoms with Gasteiger partial charge < -0.3 is 9.80 Å². The van der Waals surface area contributed by atoms with Crippen LogP contribution in [0.2, 0.25) is 0 Å². The van der Waals surface area contributed by atoms with Crippen LogP contribution in [0.25, 0.3) is 0 Å². The van der Waals surface area contributed by atoms with Gasteiger partial charge in [0.1, 0.15) is 5.82 Å². The fraction of sp³-hybridized carbons (Fsp3) is 0.647. The molecule has 3 rings (SSSR count). The molecular weight excluding hydrogens is 342 g/mol. The second-order valence-corrected chi connectivity index (χ2v) is 7.63. The Balaban J connectivity index is 1.52. The molecule has 4 nitrogen and oxygen atoms in total. The van der Waals surface area contributed by atoms with E-state index in [1.54, 1.807) is 0 Å². The summed E-state index contributed by atoms with van der Waals surface area (Å²) in [5.41, 5.74) is 1.22. The maximum Gasteiger partial charge on any atom is 0.225 e. The predicted octanol–water partition coefficient (Wildman–Crippen LogP) is 3.24. The molecule has 1 aliphatic carbocycles. The highest BCUT2D eigenvalue weighted by Gasteiger charge is 2.33. The van der Waals surface area contributed by atoms with Gasteiger partial charge in [0, 0.05) is 43.3 Å². The summed E-state index contributed by atoms with van der Waals surface area (Å²) >= 11 is 3.47. The van der Waals surface area contributed by atoms with Gasteiger partial charge in [-0.05, 0) is 66.1 Å². The van der Waals surface area contributed by atoms with E-state index in [4.69, 9.17) is 0 Å². The molecule has 0 N–H and O–H groups in total. The smallest absolute Gasteiger partial charge is 0.225 e. The first-order valence-corrected chi connectivity index (χ1v) is 8.96. The highest BCUT2D eigenvalue weighted by atomic mass is 79.9. The first-order chi connectivity index (χ1) is 10.5. The zero-order valence-corrected chi connectivity index (χ0v) is 15.0. The van der Waals surface area contributed by atoms with Crippen LogP contribution in [0.4, 0.5) is 5.82 Å². The Morgan fingerprint density at radius 1 is 1.36 bits per heavy atom. The van der Waals surface area contributed by atoms with Crippen molar-refractivity contribution < 1.29 is 4.79 Å². The third kappa shape index (κ3) is 3.62. The van der Waals surface area contributed by atoms with Crippen LogP contribution >= 0.6 is 15.9 Å². The minimum Gasteiger partial charge on any atom is -0.356 e. The van der Waals surface area contributed by atoms with Crippen molar-refractivity contribution in [1.29, 1.82) is 0 Å². The second kappa shape index (κ2) is 6.57. The standard InChI is InChI=1S/C17H24BrN3O/c1-12-9-15(18)10-19-16(12)21-7-5-13(6-8-21)11-20(2)17(22)14-3-4-14/h9-10,13-14H,3-8,11H2,1-2H3. The molecule has 0 radical (unpaired) electrons. The van der Waals surface area contributed by atoms with Crippen LogP contribution < -0.4 is 4.90 Å². The molecular formula is C17H24BrN3O. The Morgan fingerprint density at radius 2 is 2.05 bits per heavy atom. The van der Waals surface area contributed by atoms with E-state index in [0.717, 1.165) is 55.6 Å². The van der Waals surface area contributed by atoms with E-state index in [9.17, 15) is 4.79 Å². The van der Waals surface area contributed by atoms with E-state index in [-0.39, 0.29) is 0 Å². The quantitative estimate of drug-likeness (QED) is 0.821. The first kappa shape index (κ1) is 15.8. The minimum absolute atomic E-state index is 0.333. The SMILES string of the molecule is Cc1cc(Br)cnc1N1CCC(CN(C)C(=O)C2CC2)CC1. The molecule has 0 spiro atoms. The lowest BCUT2D eigenvalue weighted by Gasteiger charge is -2.35. The van der Waals surface area contributed by atoms with Gasteiger partial charge in [-0.15, -0.1) is 0 Å². The Hall–Kier alpha value is -1.10. The molecule has 1 aromatic heterocycles. The van der Waals surface area contributed by atoms with Crippen LogP contribution in [-0.4, -0.2) is 42.5 Å². The van der Waals surface area contributed by atoms with Gasteiger partial charge in [0.15, 0.2) is 0 Å². The molecule has 1 saturated heterocycles. The molecule has 5 heteroatoms. The summed E-state index contributed by atoms with van der Waals surface area (Å²) in [6.07, 6.45) is 6.34. The number of aromatic nitrogens is 1. The Kier molecular flexibility index (Phi) is 4.71. The van der Waals surface area contributed by atoms with Gasteiger partial charge in [0.25, 0.3) is 0 Å². The summed E-state index contributed by atoms with van der Waals surface area (Å²) in [4.78, 5) is 20.9. The number of nitrogens with zero attached hydrogens (tertiary/aromatic N) is 3. The molecule has 2 aliphatic rings. The van der Waals surface area contributed by atoms with Crippen molar-refractivity contribution in [1.82, 2.24) is 9.88 Å². The maximum atomic E-state index is 12.0. The van der Waals surface area contributed by atoms with Crippen molar-refractivity contribution >= 4 is 27.7 Å². The van der Waals surface area contributed by atoms with Crippen LogP contribution in [0.1, 0.15) is 31.2 Å². The molecule has 0 unspecified atom stereocenters. The lowest BCUT2D eigenvalue weighted by atomic mass is 9.96. The van der Waals surface area contributed by atoms with E-state index in [0.29, 0.717) is 17.7 Å². The van der Waals surface area contributed by atoms with Crippen LogP contribution in [0, 0.1) is 18.8 Å². The average molecular weight is 366 g/mol. The zero-order valence-electron chi connectivity index (χ0n) is 13.4. The number of aryl methyl sites for hydroxylation is 1. The third-order valence-electron chi connectivity index (χ3n) is 4.77. The summed E-state index contributed by atoms with van der Waals surface area (Å²) < 4.78 is 1.03. The third-order valence-corrected chi connectivity index (χ3v) is 5.20. The topological polar surface area (TPSA) is 36.4 Å². The van der Waals surface area contributed by atoms with E-state index in [1.807, 2.05) is 18.1 Å². The zero-order chi connectivity index (χ0) is 15.7. The van der Waals surface area contributed by atoms with Crippen molar-refractivity contribution in [3.05, 3.63) is 22.3 Å². The van der Waals surface area contributed by atoms with Crippen molar-refractivity contribution in [2.75, 3.05) is 31.6 Å². The number of carbonyl (C=O) groups is 1. The normalized spacial score (nSPS) is 19.3. The Morgan fingerprint density at radius 3 is 2.64 bits per heavy atom. The molecule has 120 valence electrons. The molecule has 1 aliphatic heterocycles. The minimum atomic E-state index is 0.333. The molecule has 1 saturated carbocycles. The number of carbonyl (C=O) groups excluding carboxylic acids is 1.